The van der Waals surface area contributed by atoms with E-state index in [0.717, 1.165) is 5.03 Å². The third-order valence-electron chi connectivity index (χ3n) is 3.53. The van der Waals surface area contributed by atoms with Crippen molar-refractivity contribution in [2.75, 3.05) is 16.4 Å². The molecule has 24 heavy (non-hydrogen) atoms. The Hall–Kier alpha value is -2.12. The van der Waals surface area contributed by atoms with Crippen molar-refractivity contribution < 1.29 is 13.2 Å². The first-order valence-electron chi connectivity index (χ1n) is 7.37. The van der Waals surface area contributed by atoms with Gasteiger partial charge in [0.25, 0.3) is 0 Å². The van der Waals surface area contributed by atoms with Crippen LogP contribution in [0.25, 0.3) is 0 Å². The molecule has 0 saturated carbocycles. The third kappa shape index (κ3) is 4.04. The number of amides is 1. The summed E-state index contributed by atoms with van der Waals surface area (Å²) in [6.45, 7) is 0. The first kappa shape index (κ1) is 16.7. The van der Waals surface area contributed by atoms with Crippen LogP contribution in [-0.4, -0.2) is 36.9 Å². The van der Waals surface area contributed by atoms with Crippen molar-refractivity contribution in [2.24, 2.45) is 0 Å². The zero-order chi connectivity index (χ0) is 17.0. The van der Waals surface area contributed by atoms with Gasteiger partial charge < -0.3 is 4.90 Å². The number of aromatic nitrogens is 1. The number of thioether (sulfide) groups is 1. The molecule has 1 aliphatic heterocycles. The van der Waals surface area contributed by atoms with Crippen LogP contribution in [0.15, 0.2) is 71.2 Å². The van der Waals surface area contributed by atoms with Crippen molar-refractivity contribution in [3.8, 4) is 0 Å². The number of hydrogen-bond acceptors (Lipinski definition) is 5. The minimum Gasteiger partial charge on any atom is -0.304 e. The summed E-state index contributed by atoms with van der Waals surface area (Å²) < 4.78 is 23.5. The fraction of sp³-hybridized carbons (Fsp3) is 0.176. The number of rotatable bonds is 5. The van der Waals surface area contributed by atoms with Crippen LogP contribution in [0.2, 0.25) is 0 Å². The first-order valence-corrected chi connectivity index (χ1v) is 10.1. The fourth-order valence-corrected chi connectivity index (χ4v) is 4.46. The van der Waals surface area contributed by atoms with Crippen LogP contribution in [0, 0.1) is 0 Å². The summed E-state index contributed by atoms with van der Waals surface area (Å²) in [5.74, 6) is -0.0401. The predicted octanol–water partition coefficient (Wildman–Crippen LogP) is 2.52. The number of para-hydroxylation sites is 1. The highest BCUT2D eigenvalue weighted by atomic mass is 32.2. The van der Waals surface area contributed by atoms with Crippen molar-refractivity contribution >= 4 is 33.2 Å². The van der Waals surface area contributed by atoms with Gasteiger partial charge in [-0.3, -0.25) is 4.79 Å². The Bertz CT molecular complexity index is 837. The van der Waals surface area contributed by atoms with Crippen molar-refractivity contribution in [1.82, 2.24) is 4.98 Å². The standard InChI is InChI=1S/C17H16N2O3S2/c20-17(12-23-16-8-4-5-10-18-16)19(14-6-2-1-3-7-14)15-9-11-24(21,22)13-15/h1-11,15H,12-13H2/t15-/m1/s1. The summed E-state index contributed by atoms with van der Waals surface area (Å²) in [5, 5.41) is 1.95. The minimum absolute atomic E-state index is 0.0815. The number of pyridine rings is 1. The Kier molecular flexibility index (Phi) is 5.01. The number of carbonyl (C=O) groups is 1. The van der Waals surface area contributed by atoms with E-state index in [4.69, 9.17) is 0 Å². The molecule has 5 nitrogen and oxygen atoms in total. The van der Waals surface area contributed by atoms with Gasteiger partial charge in [-0.15, -0.1) is 0 Å². The summed E-state index contributed by atoms with van der Waals surface area (Å²) in [4.78, 5) is 18.5. The molecule has 1 aliphatic rings. The maximum absolute atomic E-state index is 12.8. The van der Waals surface area contributed by atoms with Crippen LogP contribution in [-0.2, 0) is 14.6 Å². The van der Waals surface area contributed by atoms with Gasteiger partial charge in [-0.1, -0.05) is 36.0 Å². The normalized spacial score (nSPS) is 18.4. The van der Waals surface area contributed by atoms with Gasteiger partial charge in [0.15, 0.2) is 9.84 Å². The van der Waals surface area contributed by atoms with E-state index in [1.165, 1.54) is 17.2 Å². The molecular weight excluding hydrogens is 344 g/mol. The van der Waals surface area contributed by atoms with Gasteiger partial charge in [0.2, 0.25) is 5.91 Å². The molecule has 1 aromatic carbocycles. The highest BCUT2D eigenvalue weighted by Gasteiger charge is 2.31. The molecular formula is C17H16N2O3S2. The van der Waals surface area contributed by atoms with Gasteiger partial charge in [0.1, 0.15) is 0 Å². The summed E-state index contributed by atoms with van der Waals surface area (Å²) >= 11 is 1.33. The molecule has 1 aromatic heterocycles. The van der Waals surface area contributed by atoms with Crippen LogP contribution in [0.1, 0.15) is 0 Å². The van der Waals surface area contributed by atoms with E-state index in [9.17, 15) is 13.2 Å². The number of nitrogens with zero attached hydrogens (tertiary/aromatic N) is 2. The van der Waals surface area contributed by atoms with E-state index >= 15 is 0 Å². The highest BCUT2D eigenvalue weighted by molar-refractivity contribution is 7.99. The molecule has 0 unspecified atom stereocenters. The second-order valence-corrected chi connectivity index (χ2v) is 8.21. The zero-order valence-electron chi connectivity index (χ0n) is 12.8. The summed E-state index contributed by atoms with van der Waals surface area (Å²) in [5.41, 5.74) is 0.691. The average Bonchev–Trinajstić information content (AvgIpc) is 2.95. The topological polar surface area (TPSA) is 67.3 Å². The maximum atomic E-state index is 12.8. The molecule has 0 bridgehead atoms. The van der Waals surface area contributed by atoms with Crippen LogP contribution >= 0.6 is 11.8 Å². The lowest BCUT2D eigenvalue weighted by Gasteiger charge is -2.27. The second-order valence-electron chi connectivity index (χ2n) is 5.28. The van der Waals surface area contributed by atoms with E-state index < -0.39 is 15.9 Å². The van der Waals surface area contributed by atoms with Crippen molar-refractivity contribution in [2.45, 2.75) is 11.1 Å². The summed E-state index contributed by atoms with van der Waals surface area (Å²) in [7, 11) is -3.24. The van der Waals surface area contributed by atoms with Crippen LogP contribution in [0.3, 0.4) is 0 Å². The van der Waals surface area contributed by atoms with Crippen molar-refractivity contribution in [3.63, 3.8) is 0 Å². The van der Waals surface area contributed by atoms with Crippen LogP contribution in [0.4, 0.5) is 5.69 Å². The Labute approximate surface area is 145 Å². The molecule has 3 rings (SSSR count). The first-order chi connectivity index (χ1) is 11.6. The number of benzene rings is 1. The van der Waals surface area contributed by atoms with Crippen LogP contribution < -0.4 is 4.90 Å². The Balaban J connectivity index is 1.80. The van der Waals surface area contributed by atoms with E-state index in [2.05, 4.69) is 4.98 Å². The largest absolute Gasteiger partial charge is 0.304 e. The fourth-order valence-electron chi connectivity index (χ4n) is 2.47. The predicted molar refractivity (Wildman–Crippen MR) is 95.6 cm³/mol. The third-order valence-corrected chi connectivity index (χ3v) is 5.83. The number of sulfone groups is 1. The van der Waals surface area contributed by atoms with E-state index in [-0.39, 0.29) is 17.4 Å². The summed E-state index contributed by atoms with van der Waals surface area (Å²) in [6, 6.07) is 14.2. The molecule has 124 valence electrons. The summed E-state index contributed by atoms with van der Waals surface area (Å²) in [6.07, 6.45) is 3.25. The molecule has 2 heterocycles. The smallest absolute Gasteiger partial charge is 0.237 e. The maximum Gasteiger partial charge on any atom is 0.237 e. The van der Waals surface area contributed by atoms with Crippen molar-refractivity contribution in [3.05, 3.63) is 66.2 Å². The zero-order valence-corrected chi connectivity index (χ0v) is 14.4. The molecule has 0 fully saturated rings. The Morgan fingerprint density at radius 1 is 1.17 bits per heavy atom. The monoisotopic (exact) mass is 360 g/mol. The quantitative estimate of drug-likeness (QED) is 0.767. The molecule has 2 aromatic rings. The molecule has 0 saturated heterocycles. The molecule has 7 heteroatoms. The molecule has 0 aliphatic carbocycles. The Morgan fingerprint density at radius 2 is 1.92 bits per heavy atom. The van der Waals surface area contributed by atoms with E-state index in [1.54, 1.807) is 17.2 Å². The average molecular weight is 360 g/mol. The molecule has 0 N–H and O–H groups in total. The Morgan fingerprint density at radius 3 is 2.54 bits per heavy atom. The van der Waals surface area contributed by atoms with Gasteiger partial charge in [-0.25, -0.2) is 13.4 Å². The second kappa shape index (κ2) is 7.19. The lowest BCUT2D eigenvalue weighted by atomic mass is 10.2. The lowest BCUT2D eigenvalue weighted by molar-refractivity contribution is -0.116. The van der Waals surface area contributed by atoms with Gasteiger partial charge >= 0.3 is 0 Å². The van der Waals surface area contributed by atoms with Gasteiger partial charge in [0, 0.05) is 17.3 Å². The van der Waals surface area contributed by atoms with Gasteiger partial charge in [0.05, 0.1) is 22.6 Å². The molecule has 1 amide bonds. The van der Waals surface area contributed by atoms with Gasteiger partial charge in [-0.05, 0) is 30.3 Å². The van der Waals surface area contributed by atoms with E-state index in [0.29, 0.717) is 5.69 Å². The highest BCUT2D eigenvalue weighted by Crippen LogP contribution is 2.24. The molecule has 1 atom stereocenters. The number of anilines is 1. The van der Waals surface area contributed by atoms with Gasteiger partial charge in [-0.2, -0.15) is 0 Å². The molecule has 0 radical (unpaired) electrons. The van der Waals surface area contributed by atoms with Crippen molar-refractivity contribution in [1.29, 1.82) is 0 Å². The SMILES string of the molecule is O=C(CSc1ccccn1)N(c1ccccc1)[C@@H]1C=CS(=O)(=O)C1. The molecule has 0 spiro atoms. The van der Waals surface area contributed by atoms with Crippen LogP contribution in [0.5, 0.6) is 0 Å². The number of carbonyl (C=O) groups excluding carboxylic acids is 1. The number of hydrogen-bond donors (Lipinski definition) is 0. The minimum atomic E-state index is -3.24. The lowest BCUT2D eigenvalue weighted by Crippen LogP contribution is -2.42. The van der Waals surface area contributed by atoms with E-state index in [1.807, 2.05) is 48.5 Å².